The van der Waals surface area contributed by atoms with Crippen molar-refractivity contribution < 1.29 is 9.59 Å². The van der Waals surface area contributed by atoms with E-state index in [4.69, 9.17) is 0 Å². The summed E-state index contributed by atoms with van der Waals surface area (Å²) in [5.74, 6) is -0.980. The van der Waals surface area contributed by atoms with Gasteiger partial charge in [-0.15, -0.1) is 0 Å². The van der Waals surface area contributed by atoms with E-state index in [0.717, 1.165) is 29.3 Å². The van der Waals surface area contributed by atoms with Crippen molar-refractivity contribution in [3.05, 3.63) is 47.2 Å². The fraction of sp³-hybridized carbons (Fsp3) is 0.391. The van der Waals surface area contributed by atoms with Crippen LogP contribution in [0.3, 0.4) is 0 Å². The van der Waals surface area contributed by atoms with Gasteiger partial charge in [0.2, 0.25) is 0 Å². The van der Waals surface area contributed by atoms with E-state index < -0.39 is 5.92 Å². The Morgan fingerprint density at radius 1 is 1.31 bits per heavy atom. The first-order valence-corrected chi connectivity index (χ1v) is 9.99. The fourth-order valence-electron chi connectivity index (χ4n) is 3.96. The maximum atomic E-state index is 13.0. The number of fused-ring (bicyclic) bond motifs is 1. The van der Waals surface area contributed by atoms with Crippen LogP contribution < -0.4 is 5.32 Å². The monoisotopic (exact) mass is 390 g/mol. The second-order valence-corrected chi connectivity index (χ2v) is 7.50. The number of hydrogen-bond donors (Lipinski definition) is 1. The normalized spacial score (nSPS) is 16.6. The van der Waals surface area contributed by atoms with Gasteiger partial charge in [0, 0.05) is 35.4 Å². The van der Waals surface area contributed by atoms with E-state index in [0.29, 0.717) is 22.9 Å². The molecule has 0 aliphatic carbocycles. The summed E-state index contributed by atoms with van der Waals surface area (Å²) in [4.78, 5) is 29.2. The van der Waals surface area contributed by atoms with E-state index in [1.54, 1.807) is 13.0 Å². The highest BCUT2D eigenvalue weighted by atomic mass is 16.2. The SMILES string of the molecule is CCC(CC)n1ccc2c(C(=O)NCC3C(=O)N=C(C)C=C3C)cc(C#N)cc21. The minimum Gasteiger partial charge on any atom is -0.351 e. The molecule has 0 fully saturated rings. The maximum absolute atomic E-state index is 13.0. The van der Waals surface area contributed by atoms with Crippen LogP contribution in [0, 0.1) is 17.2 Å². The summed E-state index contributed by atoms with van der Waals surface area (Å²) in [6, 6.07) is 7.84. The van der Waals surface area contributed by atoms with Gasteiger partial charge in [0.1, 0.15) is 0 Å². The Morgan fingerprint density at radius 3 is 2.66 bits per heavy atom. The molecule has 3 rings (SSSR count). The Labute approximate surface area is 170 Å². The van der Waals surface area contributed by atoms with Gasteiger partial charge in [-0.05, 0) is 51.0 Å². The van der Waals surface area contributed by atoms with Crippen molar-refractivity contribution in [1.82, 2.24) is 9.88 Å². The Balaban J connectivity index is 1.91. The van der Waals surface area contributed by atoms with Crippen LogP contribution in [0.1, 0.15) is 62.5 Å². The molecule has 1 aliphatic rings. The number of aromatic nitrogens is 1. The zero-order chi connectivity index (χ0) is 21.1. The minimum absolute atomic E-state index is 0.183. The Morgan fingerprint density at radius 2 is 2.03 bits per heavy atom. The van der Waals surface area contributed by atoms with Gasteiger partial charge in [0.15, 0.2) is 0 Å². The Kier molecular flexibility index (Phi) is 5.97. The van der Waals surface area contributed by atoms with Crippen LogP contribution in [0.5, 0.6) is 0 Å². The fourth-order valence-corrected chi connectivity index (χ4v) is 3.96. The van der Waals surface area contributed by atoms with Crippen molar-refractivity contribution in [3.8, 4) is 6.07 Å². The Hall–Kier alpha value is -3.20. The number of aliphatic imine (C=N–C) groups is 1. The number of carbonyl (C=O) groups excluding carboxylic acids is 2. The van der Waals surface area contributed by atoms with Gasteiger partial charge in [0.05, 0.1) is 23.1 Å². The number of amides is 2. The molecule has 150 valence electrons. The van der Waals surface area contributed by atoms with Gasteiger partial charge >= 0.3 is 0 Å². The summed E-state index contributed by atoms with van der Waals surface area (Å²) < 4.78 is 2.14. The molecule has 1 atom stereocenters. The number of dihydropyridines is 1. The molecule has 1 N–H and O–H groups in total. The molecule has 0 radical (unpaired) electrons. The third kappa shape index (κ3) is 4.00. The smallest absolute Gasteiger partial charge is 0.254 e. The number of hydrogen-bond acceptors (Lipinski definition) is 3. The highest BCUT2D eigenvalue weighted by Crippen LogP contribution is 2.28. The lowest BCUT2D eigenvalue weighted by Crippen LogP contribution is -2.34. The number of benzene rings is 1. The highest BCUT2D eigenvalue weighted by Gasteiger charge is 2.25. The zero-order valence-corrected chi connectivity index (χ0v) is 17.3. The van der Waals surface area contributed by atoms with Crippen LogP contribution in [0.15, 0.2) is 41.0 Å². The summed E-state index contributed by atoms with van der Waals surface area (Å²) in [6.45, 7) is 8.09. The van der Waals surface area contributed by atoms with Gasteiger partial charge in [0.25, 0.3) is 11.8 Å². The third-order valence-corrected chi connectivity index (χ3v) is 5.59. The van der Waals surface area contributed by atoms with Crippen LogP contribution in [0.25, 0.3) is 10.9 Å². The van der Waals surface area contributed by atoms with Crippen molar-refractivity contribution in [2.45, 2.75) is 46.6 Å². The summed E-state index contributed by atoms with van der Waals surface area (Å²) >= 11 is 0. The van der Waals surface area contributed by atoms with Gasteiger partial charge in [-0.1, -0.05) is 19.4 Å². The molecular formula is C23H26N4O2. The average Bonchev–Trinajstić information content (AvgIpc) is 3.11. The molecule has 1 aliphatic heterocycles. The molecule has 1 aromatic heterocycles. The second kappa shape index (κ2) is 8.44. The largest absolute Gasteiger partial charge is 0.351 e. The lowest BCUT2D eigenvalue weighted by Gasteiger charge is -2.19. The van der Waals surface area contributed by atoms with Crippen molar-refractivity contribution in [3.63, 3.8) is 0 Å². The molecular weight excluding hydrogens is 364 g/mol. The van der Waals surface area contributed by atoms with E-state index in [1.165, 1.54) is 0 Å². The second-order valence-electron chi connectivity index (χ2n) is 7.50. The number of nitrogens with zero attached hydrogens (tertiary/aromatic N) is 3. The lowest BCUT2D eigenvalue weighted by molar-refractivity contribution is -0.120. The molecule has 0 bridgehead atoms. The molecule has 6 nitrogen and oxygen atoms in total. The molecule has 6 heteroatoms. The van der Waals surface area contributed by atoms with Gasteiger partial charge in [-0.3, -0.25) is 9.59 Å². The summed E-state index contributed by atoms with van der Waals surface area (Å²) in [6.07, 6.45) is 5.78. The maximum Gasteiger partial charge on any atom is 0.254 e. The predicted octanol–water partition coefficient (Wildman–Crippen LogP) is 4.17. The molecule has 2 heterocycles. The van der Waals surface area contributed by atoms with Crippen molar-refractivity contribution in [2.75, 3.05) is 6.54 Å². The number of rotatable bonds is 6. The number of nitriles is 1. The molecule has 0 saturated heterocycles. The molecule has 1 aromatic carbocycles. The number of allylic oxidation sites excluding steroid dienone is 1. The standard InChI is InChI=1S/C23H26N4O2/c1-5-17(6-2)27-8-7-18-19(10-16(12-24)11-21(18)27)22(28)25-13-20-14(3)9-15(4)26-23(20)29/h7-11,17,20H,5-6,13H2,1-4H3,(H,25,28). The number of nitrogens with one attached hydrogen (secondary N) is 1. The van der Waals surface area contributed by atoms with E-state index in [9.17, 15) is 14.9 Å². The van der Waals surface area contributed by atoms with Crippen LogP contribution in [-0.2, 0) is 4.79 Å². The van der Waals surface area contributed by atoms with E-state index in [2.05, 4.69) is 34.8 Å². The predicted molar refractivity (Wildman–Crippen MR) is 114 cm³/mol. The minimum atomic E-state index is -0.452. The first-order chi connectivity index (χ1) is 13.9. The first kappa shape index (κ1) is 20.5. The summed E-state index contributed by atoms with van der Waals surface area (Å²) in [5, 5.41) is 13.1. The van der Waals surface area contributed by atoms with Gasteiger partial charge < -0.3 is 9.88 Å². The first-order valence-electron chi connectivity index (χ1n) is 9.99. The Bertz CT molecular complexity index is 1060. The molecule has 0 saturated carbocycles. The van der Waals surface area contributed by atoms with Gasteiger partial charge in [-0.25, -0.2) is 4.99 Å². The molecule has 2 amide bonds. The number of carbonyl (C=O) groups is 2. The van der Waals surface area contributed by atoms with Crippen molar-refractivity contribution in [1.29, 1.82) is 5.26 Å². The lowest BCUT2D eigenvalue weighted by atomic mass is 9.95. The molecule has 1 unspecified atom stereocenters. The van der Waals surface area contributed by atoms with E-state index in [-0.39, 0.29) is 18.4 Å². The van der Waals surface area contributed by atoms with Crippen molar-refractivity contribution in [2.24, 2.45) is 10.9 Å². The van der Waals surface area contributed by atoms with Crippen LogP contribution in [0.2, 0.25) is 0 Å². The zero-order valence-electron chi connectivity index (χ0n) is 17.3. The molecule has 0 spiro atoms. The average molecular weight is 390 g/mol. The molecule has 2 aromatic rings. The van der Waals surface area contributed by atoms with E-state index in [1.807, 2.05) is 31.3 Å². The van der Waals surface area contributed by atoms with Gasteiger partial charge in [-0.2, -0.15) is 5.26 Å². The molecule has 29 heavy (non-hydrogen) atoms. The van der Waals surface area contributed by atoms with Crippen LogP contribution >= 0.6 is 0 Å². The third-order valence-electron chi connectivity index (χ3n) is 5.59. The van der Waals surface area contributed by atoms with Crippen LogP contribution in [-0.4, -0.2) is 28.6 Å². The summed E-state index contributed by atoms with van der Waals surface area (Å²) in [5.41, 5.74) is 3.35. The topological polar surface area (TPSA) is 87.2 Å². The summed E-state index contributed by atoms with van der Waals surface area (Å²) in [7, 11) is 0. The van der Waals surface area contributed by atoms with Crippen LogP contribution in [0.4, 0.5) is 0 Å². The quantitative estimate of drug-likeness (QED) is 0.803. The highest BCUT2D eigenvalue weighted by molar-refractivity contribution is 6.08. The van der Waals surface area contributed by atoms with Crippen molar-refractivity contribution >= 4 is 28.4 Å². The van der Waals surface area contributed by atoms with E-state index >= 15 is 0 Å².